The zero-order chi connectivity index (χ0) is 17.6. The number of aryl methyl sites for hydroxylation is 2. The Kier molecular flexibility index (Phi) is 4.33. The van der Waals surface area contributed by atoms with Crippen LogP contribution >= 0.6 is 0 Å². The number of nitrogens with zero attached hydrogens (tertiary/aromatic N) is 2. The van der Waals surface area contributed by atoms with E-state index in [1.54, 1.807) is 0 Å². The van der Waals surface area contributed by atoms with E-state index >= 15 is 0 Å². The van der Waals surface area contributed by atoms with Crippen LogP contribution in [-0.4, -0.2) is 40.5 Å². The molecule has 136 valence electrons. The van der Waals surface area contributed by atoms with Gasteiger partial charge in [0, 0.05) is 12.2 Å². The maximum Gasteiger partial charge on any atom is 0.354 e. The molecule has 1 saturated heterocycles. The first-order valence-corrected chi connectivity index (χ1v) is 10.8. The number of nitrogens with two attached hydrogens (primary N) is 1. The van der Waals surface area contributed by atoms with Crippen LogP contribution in [0, 0.1) is 0 Å². The average molecular weight is 362 g/mol. The number of amides is 2. The van der Waals surface area contributed by atoms with Gasteiger partial charge in [0.1, 0.15) is 9.92 Å². The Morgan fingerprint density at radius 1 is 1.24 bits per heavy atom. The lowest BCUT2D eigenvalue weighted by Crippen LogP contribution is -2.32. The third-order valence-corrected chi connectivity index (χ3v) is 7.55. The van der Waals surface area contributed by atoms with Gasteiger partial charge in [-0.25, -0.2) is 14.1 Å². The molecule has 2 unspecified atom stereocenters. The van der Waals surface area contributed by atoms with E-state index in [0.717, 1.165) is 57.2 Å². The molecule has 1 fully saturated rings. The number of rotatable bonds is 2. The minimum absolute atomic E-state index is 0.240. The van der Waals surface area contributed by atoms with Crippen molar-refractivity contribution in [3.05, 3.63) is 28.3 Å². The summed E-state index contributed by atoms with van der Waals surface area (Å²) >= 11 is 0. The van der Waals surface area contributed by atoms with Crippen LogP contribution in [0.2, 0.25) is 0 Å². The maximum absolute atomic E-state index is 12.7. The van der Waals surface area contributed by atoms with Gasteiger partial charge in [-0.1, -0.05) is 6.07 Å². The van der Waals surface area contributed by atoms with Crippen molar-refractivity contribution in [2.24, 2.45) is 9.50 Å². The Bertz CT molecular complexity index is 810. The quantitative estimate of drug-likeness (QED) is 0.846. The molecule has 1 aromatic carbocycles. The lowest BCUT2D eigenvalue weighted by atomic mass is 9.99. The van der Waals surface area contributed by atoms with Crippen molar-refractivity contribution in [2.75, 3.05) is 25.5 Å². The number of likely N-dealkylation sites (tertiary alicyclic amines) is 1. The highest BCUT2D eigenvalue weighted by Crippen LogP contribution is 2.38. The molecule has 2 amide bonds. The van der Waals surface area contributed by atoms with Crippen LogP contribution in [-0.2, 0) is 35.6 Å². The molecule has 2 aliphatic carbocycles. The van der Waals surface area contributed by atoms with E-state index < -0.39 is 15.9 Å². The second-order valence-electron chi connectivity index (χ2n) is 7.54. The molecule has 2 atom stereocenters. The summed E-state index contributed by atoms with van der Waals surface area (Å²) in [4.78, 5) is 14.6. The van der Waals surface area contributed by atoms with E-state index in [1.807, 2.05) is 7.05 Å². The highest BCUT2D eigenvalue weighted by Gasteiger charge is 2.29. The lowest BCUT2D eigenvalue weighted by Gasteiger charge is -2.16. The number of fused-ring (bicyclic) bond motifs is 2. The van der Waals surface area contributed by atoms with E-state index in [9.17, 15) is 9.00 Å². The molecule has 6 nitrogen and oxygen atoms in total. The van der Waals surface area contributed by atoms with Crippen LogP contribution in [0.15, 0.2) is 10.4 Å². The Morgan fingerprint density at radius 2 is 1.88 bits per heavy atom. The predicted octanol–water partition coefficient (Wildman–Crippen LogP) is 2.24. The van der Waals surface area contributed by atoms with E-state index in [-0.39, 0.29) is 5.25 Å². The van der Waals surface area contributed by atoms with Gasteiger partial charge in [0.2, 0.25) is 0 Å². The highest BCUT2D eigenvalue weighted by atomic mass is 32.2. The monoisotopic (exact) mass is 362 g/mol. The molecule has 0 radical (unpaired) electrons. The van der Waals surface area contributed by atoms with Gasteiger partial charge in [0.05, 0.1) is 5.25 Å². The number of hydrogen-bond donors (Lipinski definition) is 2. The lowest BCUT2D eigenvalue weighted by molar-refractivity contribution is 0.260. The van der Waals surface area contributed by atoms with Gasteiger partial charge in [-0.2, -0.15) is 0 Å². The molecule has 1 aliphatic heterocycles. The molecule has 0 spiro atoms. The first-order valence-electron chi connectivity index (χ1n) is 9.14. The fraction of sp³-hybridized carbons (Fsp3) is 0.611. The normalized spacial score (nSPS) is 24.6. The number of carbonyl (C=O) groups excluding carboxylic acids is 1. The molecule has 1 heterocycles. The minimum Gasteiger partial charge on any atom is -0.305 e. The number of urea groups is 1. The number of benzene rings is 1. The zero-order valence-corrected chi connectivity index (χ0v) is 15.5. The summed E-state index contributed by atoms with van der Waals surface area (Å²) in [6, 6.07) is 1.76. The van der Waals surface area contributed by atoms with Crippen LogP contribution in [0.4, 0.5) is 10.5 Å². The van der Waals surface area contributed by atoms with E-state index in [1.165, 1.54) is 22.3 Å². The topological polar surface area (TPSA) is 87.8 Å². The number of anilines is 1. The van der Waals surface area contributed by atoms with Crippen molar-refractivity contribution in [3.8, 4) is 0 Å². The smallest absolute Gasteiger partial charge is 0.305 e. The van der Waals surface area contributed by atoms with Gasteiger partial charge in [-0.15, -0.1) is 4.36 Å². The van der Waals surface area contributed by atoms with Crippen LogP contribution < -0.4 is 10.5 Å². The summed E-state index contributed by atoms with van der Waals surface area (Å²) in [6.07, 6.45) is 7.10. The Balaban J connectivity index is 1.62. The minimum atomic E-state index is -3.02. The molecular formula is C18H26N4O2S. The number of nitrogens with one attached hydrogen (secondary N) is 1. The van der Waals surface area contributed by atoms with Crippen LogP contribution in [0.5, 0.6) is 0 Å². The first-order chi connectivity index (χ1) is 11.9. The van der Waals surface area contributed by atoms with E-state index in [2.05, 4.69) is 20.6 Å². The van der Waals surface area contributed by atoms with Gasteiger partial charge in [0.25, 0.3) is 0 Å². The second kappa shape index (κ2) is 6.37. The molecular weight excluding hydrogens is 336 g/mol. The fourth-order valence-electron chi connectivity index (χ4n) is 4.47. The summed E-state index contributed by atoms with van der Waals surface area (Å²) in [5.41, 5.74) is 6.11. The summed E-state index contributed by atoms with van der Waals surface area (Å²) in [7, 11) is -1.05. The highest BCUT2D eigenvalue weighted by molar-refractivity contribution is 7.92. The SMILES string of the molecule is CN1CCC(S(N)(=O)=NC(=O)Nc2c3c(cc4c2CCC4)CCC3)C1. The van der Waals surface area contributed by atoms with Crippen molar-refractivity contribution < 1.29 is 9.00 Å². The standard InChI is InChI=1S/C18H26N4O2S/c1-22-9-8-14(11-22)25(19,24)21-18(23)20-17-15-6-2-4-12(15)10-13-5-3-7-16(13)17/h10,14H,2-9,11H2,1H3,(H3,19,20,21,23,24). The van der Waals surface area contributed by atoms with Gasteiger partial charge in [0.15, 0.2) is 0 Å². The van der Waals surface area contributed by atoms with Crippen molar-refractivity contribution in [2.45, 2.75) is 50.2 Å². The molecule has 0 aromatic heterocycles. The summed E-state index contributed by atoms with van der Waals surface area (Å²) in [6.45, 7) is 1.47. The summed E-state index contributed by atoms with van der Waals surface area (Å²) in [5, 5.41) is 8.65. The van der Waals surface area contributed by atoms with E-state index in [4.69, 9.17) is 5.14 Å². The predicted molar refractivity (Wildman–Crippen MR) is 100 cm³/mol. The fourth-order valence-corrected chi connectivity index (χ4v) is 5.84. The van der Waals surface area contributed by atoms with Crippen molar-refractivity contribution >= 4 is 21.6 Å². The van der Waals surface area contributed by atoms with Crippen molar-refractivity contribution in [1.29, 1.82) is 0 Å². The first kappa shape index (κ1) is 17.0. The van der Waals surface area contributed by atoms with Crippen LogP contribution in [0.25, 0.3) is 0 Å². The third kappa shape index (κ3) is 3.20. The van der Waals surface area contributed by atoms with Crippen LogP contribution in [0.3, 0.4) is 0 Å². The van der Waals surface area contributed by atoms with Crippen molar-refractivity contribution in [3.63, 3.8) is 0 Å². The molecule has 1 aromatic rings. The number of hydrogen-bond acceptors (Lipinski definition) is 3. The Morgan fingerprint density at radius 3 is 2.44 bits per heavy atom. The molecule has 25 heavy (non-hydrogen) atoms. The second-order valence-corrected chi connectivity index (χ2v) is 9.62. The molecule has 0 bridgehead atoms. The van der Waals surface area contributed by atoms with Crippen molar-refractivity contribution in [1.82, 2.24) is 4.90 Å². The average Bonchev–Trinajstić information content (AvgIpc) is 3.25. The summed E-state index contributed by atoms with van der Waals surface area (Å²) < 4.78 is 16.6. The van der Waals surface area contributed by atoms with Gasteiger partial charge in [-0.3, -0.25) is 0 Å². The molecule has 7 heteroatoms. The van der Waals surface area contributed by atoms with Gasteiger partial charge >= 0.3 is 6.03 Å². The van der Waals surface area contributed by atoms with Gasteiger partial charge in [-0.05, 0) is 80.8 Å². The largest absolute Gasteiger partial charge is 0.354 e. The Hall–Kier alpha value is -1.44. The molecule has 0 saturated carbocycles. The molecule has 4 rings (SSSR count). The maximum atomic E-state index is 12.7. The third-order valence-electron chi connectivity index (χ3n) is 5.76. The Labute approximate surface area is 149 Å². The molecule has 3 N–H and O–H groups in total. The zero-order valence-electron chi connectivity index (χ0n) is 14.7. The van der Waals surface area contributed by atoms with Crippen LogP contribution in [0.1, 0.15) is 41.5 Å². The summed E-state index contributed by atoms with van der Waals surface area (Å²) in [5.74, 6) is 0. The van der Waals surface area contributed by atoms with E-state index in [0.29, 0.717) is 6.54 Å². The molecule has 3 aliphatic rings. The van der Waals surface area contributed by atoms with Gasteiger partial charge < -0.3 is 10.2 Å². The number of carbonyl (C=O) groups is 1.